The largest absolute Gasteiger partial charge is 0.349 e. The fraction of sp³-hybridized carbons (Fsp3) is 0.188. The molecule has 3 rings (SSSR count). The van der Waals surface area contributed by atoms with Gasteiger partial charge in [-0.05, 0) is 28.0 Å². The molecular weight excluding hydrogens is 262 g/mol. The van der Waals surface area contributed by atoms with Crippen LogP contribution in [0.3, 0.4) is 0 Å². The van der Waals surface area contributed by atoms with E-state index in [0.717, 1.165) is 13.0 Å². The summed E-state index contributed by atoms with van der Waals surface area (Å²) in [4.78, 5) is 0. The minimum Gasteiger partial charge on any atom is -0.349 e. The van der Waals surface area contributed by atoms with Crippen LogP contribution in [0.2, 0.25) is 0 Å². The number of anilines is 1. The van der Waals surface area contributed by atoms with Crippen molar-refractivity contribution in [1.29, 1.82) is 0 Å². The number of hydrogen-bond donors (Lipinski definition) is 1. The van der Waals surface area contributed by atoms with Gasteiger partial charge in [0.1, 0.15) is 0 Å². The summed E-state index contributed by atoms with van der Waals surface area (Å²) in [5.74, 6) is 0.704. The van der Waals surface area contributed by atoms with Gasteiger partial charge in [0, 0.05) is 6.54 Å². The molecule has 0 aliphatic heterocycles. The van der Waals surface area contributed by atoms with Crippen LogP contribution in [0.25, 0.3) is 0 Å². The first-order valence-electron chi connectivity index (χ1n) is 7.00. The molecule has 1 N–H and O–H groups in total. The van der Waals surface area contributed by atoms with E-state index in [4.69, 9.17) is 0 Å². The van der Waals surface area contributed by atoms with Gasteiger partial charge < -0.3 is 5.32 Å². The Morgan fingerprint density at radius 1 is 0.857 bits per heavy atom. The Kier molecular flexibility index (Phi) is 4.21. The highest BCUT2D eigenvalue weighted by molar-refractivity contribution is 5.26. The molecular formula is C16H17N5. The highest BCUT2D eigenvalue weighted by Crippen LogP contribution is 2.07. The average Bonchev–Trinajstić information content (AvgIpc) is 3.00. The number of nitrogens with one attached hydrogen (secondary N) is 1. The van der Waals surface area contributed by atoms with Crippen molar-refractivity contribution in [1.82, 2.24) is 20.2 Å². The number of aromatic nitrogens is 4. The summed E-state index contributed by atoms with van der Waals surface area (Å²) in [6.45, 7) is 1.47. The zero-order valence-corrected chi connectivity index (χ0v) is 11.7. The molecule has 5 nitrogen and oxygen atoms in total. The van der Waals surface area contributed by atoms with Crippen LogP contribution in [0.1, 0.15) is 11.1 Å². The first-order chi connectivity index (χ1) is 10.4. The first-order valence-corrected chi connectivity index (χ1v) is 7.00. The Labute approximate surface area is 123 Å². The molecule has 0 aliphatic rings. The zero-order chi connectivity index (χ0) is 14.3. The third kappa shape index (κ3) is 3.66. The lowest BCUT2D eigenvalue weighted by Crippen LogP contribution is -2.10. The second-order valence-corrected chi connectivity index (χ2v) is 4.80. The van der Waals surface area contributed by atoms with Crippen LogP contribution < -0.4 is 5.32 Å². The van der Waals surface area contributed by atoms with Gasteiger partial charge in [-0.2, -0.15) is 0 Å². The van der Waals surface area contributed by atoms with E-state index in [-0.39, 0.29) is 0 Å². The maximum atomic E-state index is 4.04. The monoisotopic (exact) mass is 279 g/mol. The molecule has 106 valence electrons. The lowest BCUT2D eigenvalue weighted by molar-refractivity contribution is 0.592. The normalized spacial score (nSPS) is 10.5. The van der Waals surface area contributed by atoms with Crippen molar-refractivity contribution >= 4 is 5.95 Å². The van der Waals surface area contributed by atoms with E-state index in [1.807, 2.05) is 36.4 Å². The van der Waals surface area contributed by atoms with Crippen LogP contribution in [0.15, 0.2) is 60.7 Å². The summed E-state index contributed by atoms with van der Waals surface area (Å²) in [5.41, 5.74) is 2.48. The summed E-state index contributed by atoms with van der Waals surface area (Å²) < 4.78 is 1.80. The minimum atomic E-state index is 0.704. The van der Waals surface area contributed by atoms with Gasteiger partial charge in [0.15, 0.2) is 0 Å². The SMILES string of the molecule is c1ccc(CCn2nnnc2NCc2ccccc2)cc1. The molecule has 0 fully saturated rings. The van der Waals surface area contributed by atoms with Crippen molar-refractivity contribution in [2.24, 2.45) is 0 Å². The van der Waals surface area contributed by atoms with Gasteiger partial charge in [-0.25, -0.2) is 4.68 Å². The Bertz CT molecular complexity index is 605. The third-order valence-electron chi connectivity index (χ3n) is 3.28. The number of nitrogens with zero attached hydrogens (tertiary/aromatic N) is 4. The minimum absolute atomic E-state index is 0.704. The number of hydrogen-bond acceptors (Lipinski definition) is 4. The van der Waals surface area contributed by atoms with E-state index in [9.17, 15) is 0 Å². The molecule has 0 unspecified atom stereocenters. The third-order valence-corrected chi connectivity index (χ3v) is 3.28. The molecule has 0 radical (unpaired) electrons. The van der Waals surface area contributed by atoms with Crippen molar-refractivity contribution in [2.75, 3.05) is 5.32 Å². The van der Waals surface area contributed by atoms with Crippen LogP contribution in [0.5, 0.6) is 0 Å². The van der Waals surface area contributed by atoms with Crippen LogP contribution in [0.4, 0.5) is 5.95 Å². The number of tetrazole rings is 1. The number of rotatable bonds is 6. The molecule has 2 aromatic carbocycles. The Balaban J connectivity index is 1.59. The summed E-state index contributed by atoms with van der Waals surface area (Å²) >= 11 is 0. The van der Waals surface area contributed by atoms with Gasteiger partial charge in [-0.15, -0.1) is 0 Å². The second-order valence-electron chi connectivity index (χ2n) is 4.80. The van der Waals surface area contributed by atoms with Crippen LogP contribution in [-0.2, 0) is 19.5 Å². The van der Waals surface area contributed by atoms with Crippen LogP contribution >= 0.6 is 0 Å². The van der Waals surface area contributed by atoms with Gasteiger partial charge in [-0.1, -0.05) is 65.8 Å². The lowest BCUT2D eigenvalue weighted by atomic mass is 10.1. The van der Waals surface area contributed by atoms with Crippen LogP contribution in [-0.4, -0.2) is 20.2 Å². The molecule has 0 bridgehead atoms. The van der Waals surface area contributed by atoms with Crippen molar-refractivity contribution in [3.05, 3.63) is 71.8 Å². The fourth-order valence-corrected chi connectivity index (χ4v) is 2.14. The van der Waals surface area contributed by atoms with E-state index in [0.29, 0.717) is 12.5 Å². The molecule has 3 aromatic rings. The smallest absolute Gasteiger partial charge is 0.243 e. The molecule has 1 heterocycles. The topological polar surface area (TPSA) is 55.6 Å². The van der Waals surface area contributed by atoms with E-state index in [1.54, 1.807) is 4.68 Å². The van der Waals surface area contributed by atoms with Gasteiger partial charge in [0.25, 0.3) is 0 Å². The number of aryl methyl sites for hydroxylation is 2. The summed E-state index contributed by atoms with van der Waals surface area (Å²) in [6, 6.07) is 20.5. The molecule has 5 heteroatoms. The average molecular weight is 279 g/mol. The van der Waals surface area contributed by atoms with Gasteiger partial charge >= 0.3 is 0 Å². The second kappa shape index (κ2) is 6.65. The van der Waals surface area contributed by atoms with Crippen molar-refractivity contribution in [2.45, 2.75) is 19.5 Å². The molecule has 0 saturated heterocycles. The molecule has 1 aromatic heterocycles. The van der Waals surface area contributed by atoms with E-state index >= 15 is 0 Å². The Morgan fingerprint density at radius 2 is 1.52 bits per heavy atom. The predicted molar refractivity (Wildman–Crippen MR) is 81.7 cm³/mol. The molecule has 0 saturated carbocycles. The Morgan fingerprint density at radius 3 is 2.24 bits per heavy atom. The van der Waals surface area contributed by atoms with Crippen molar-refractivity contribution in [3.63, 3.8) is 0 Å². The summed E-state index contributed by atoms with van der Waals surface area (Å²) in [7, 11) is 0. The summed E-state index contributed by atoms with van der Waals surface area (Å²) in [6.07, 6.45) is 0.909. The highest BCUT2D eigenvalue weighted by atomic mass is 15.6. The highest BCUT2D eigenvalue weighted by Gasteiger charge is 2.05. The molecule has 0 aliphatic carbocycles. The molecule has 0 amide bonds. The van der Waals surface area contributed by atoms with Crippen molar-refractivity contribution in [3.8, 4) is 0 Å². The predicted octanol–water partition coefficient (Wildman–Crippen LogP) is 2.53. The summed E-state index contributed by atoms with van der Waals surface area (Å²) in [5, 5.41) is 15.1. The van der Waals surface area contributed by atoms with Gasteiger partial charge in [0.05, 0.1) is 6.54 Å². The molecule has 0 spiro atoms. The maximum Gasteiger partial charge on any atom is 0.243 e. The molecule has 21 heavy (non-hydrogen) atoms. The number of benzene rings is 2. The maximum absolute atomic E-state index is 4.04. The van der Waals surface area contributed by atoms with E-state index in [1.165, 1.54) is 11.1 Å². The first kappa shape index (κ1) is 13.3. The Hall–Kier alpha value is -2.69. The van der Waals surface area contributed by atoms with Crippen molar-refractivity contribution < 1.29 is 0 Å². The molecule has 0 atom stereocenters. The van der Waals surface area contributed by atoms with Crippen LogP contribution in [0, 0.1) is 0 Å². The standard InChI is InChI=1S/C16H17N5/c1-3-7-14(8-4-1)11-12-21-16(18-19-20-21)17-13-15-9-5-2-6-10-15/h1-10H,11-13H2,(H,17,18,20). The quantitative estimate of drug-likeness (QED) is 0.753. The van der Waals surface area contributed by atoms with Gasteiger partial charge in [0.2, 0.25) is 5.95 Å². The van der Waals surface area contributed by atoms with Gasteiger partial charge in [-0.3, -0.25) is 0 Å². The lowest BCUT2D eigenvalue weighted by Gasteiger charge is -2.07. The van der Waals surface area contributed by atoms with E-state index in [2.05, 4.69) is 45.1 Å². The van der Waals surface area contributed by atoms with E-state index < -0.39 is 0 Å². The zero-order valence-electron chi connectivity index (χ0n) is 11.7. The fourth-order valence-electron chi connectivity index (χ4n) is 2.14.